The van der Waals surface area contributed by atoms with Gasteiger partial charge >= 0.3 is 5.97 Å². The second kappa shape index (κ2) is 5.97. The minimum atomic E-state index is -0.824. The number of carboxylic acids is 1. The summed E-state index contributed by atoms with van der Waals surface area (Å²) in [4.78, 5) is 17.6. The summed E-state index contributed by atoms with van der Waals surface area (Å²) in [5, 5.41) is 9.47. The molecule has 0 aromatic carbocycles. The maximum absolute atomic E-state index is 11.5. The molecule has 0 saturated carbocycles. The van der Waals surface area contributed by atoms with Gasteiger partial charge in [0.05, 0.1) is 31.4 Å². The predicted octanol–water partition coefficient (Wildman–Crippen LogP) is 0.751. The zero-order chi connectivity index (χ0) is 13.0. The number of aromatic nitrogens is 2. The van der Waals surface area contributed by atoms with Gasteiger partial charge in [-0.2, -0.15) is 0 Å². The molecule has 1 unspecified atom stereocenters. The van der Waals surface area contributed by atoms with E-state index in [9.17, 15) is 9.90 Å². The average molecular weight is 253 g/mol. The third-order valence-corrected chi connectivity index (χ3v) is 3.13. The zero-order valence-corrected chi connectivity index (χ0v) is 10.6. The van der Waals surface area contributed by atoms with Crippen molar-refractivity contribution in [2.75, 3.05) is 26.3 Å². The molecule has 1 aliphatic rings. The average Bonchev–Trinajstić information content (AvgIpc) is 2.79. The third-order valence-electron chi connectivity index (χ3n) is 3.13. The Bertz CT molecular complexity index is 399. The van der Waals surface area contributed by atoms with Crippen LogP contribution in [-0.2, 0) is 16.1 Å². The van der Waals surface area contributed by atoms with Gasteiger partial charge in [-0.05, 0) is 6.42 Å². The van der Waals surface area contributed by atoms with Crippen LogP contribution in [0.25, 0.3) is 0 Å². The molecule has 1 saturated heterocycles. The molecular weight excluding hydrogens is 234 g/mol. The molecule has 1 aromatic heterocycles. The molecule has 6 heteroatoms. The molecule has 1 aromatic rings. The van der Waals surface area contributed by atoms with Crippen LogP contribution in [-0.4, -0.2) is 51.8 Å². The first-order valence-electron chi connectivity index (χ1n) is 6.28. The summed E-state index contributed by atoms with van der Waals surface area (Å²) in [5.41, 5.74) is 0.756. The monoisotopic (exact) mass is 253 g/mol. The standard InChI is InChI=1S/C12H19N3O3/c1-2-3-15-9-13-8-10(15)11(12(16)17)14-4-6-18-7-5-14/h8-9,11H,2-7H2,1H3,(H,16,17). The van der Waals surface area contributed by atoms with E-state index < -0.39 is 12.0 Å². The molecule has 1 atom stereocenters. The number of hydrogen-bond acceptors (Lipinski definition) is 4. The van der Waals surface area contributed by atoms with Gasteiger partial charge in [0, 0.05) is 19.6 Å². The number of ether oxygens (including phenoxy) is 1. The summed E-state index contributed by atoms with van der Waals surface area (Å²) in [7, 11) is 0. The van der Waals surface area contributed by atoms with E-state index in [2.05, 4.69) is 11.9 Å². The lowest BCUT2D eigenvalue weighted by molar-refractivity contribution is -0.145. The molecular formula is C12H19N3O3. The van der Waals surface area contributed by atoms with Crippen LogP contribution in [0.15, 0.2) is 12.5 Å². The Labute approximate surface area is 106 Å². The van der Waals surface area contributed by atoms with Crippen molar-refractivity contribution in [2.24, 2.45) is 0 Å². The molecule has 0 aliphatic carbocycles. The molecule has 100 valence electrons. The van der Waals surface area contributed by atoms with Crippen molar-refractivity contribution in [3.8, 4) is 0 Å². The quantitative estimate of drug-likeness (QED) is 0.838. The molecule has 0 amide bonds. The highest BCUT2D eigenvalue weighted by molar-refractivity contribution is 5.74. The lowest BCUT2D eigenvalue weighted by atomic mass is 10.1. The van der Waals surface area contributed by atoms with Crippen LogP contribution in [0.3, 0.4) is 0 Å². The third kappa shape index (κ3) is 2.70. The Morgan fingerprint density at radius 2 is 2.28 bits per heavy atom. The SMILES string of the molecule is CCCn1cncc1C(C(=O)O)N1CCOCC1. The number of imidazole rings is 1. The predicted molar refractivity (Wildman–Crippen MR) is 65.3 cm³/mol. The molecule has 2 heterocycles. The van der Waals surface area contributed by atoms with E-state index in [-0.39, 0.29) is 0 Å². The van der Waals surface area contributed by atoms with Crippen LogP contribution >= 0.6 is 0 Å². The number of carbonyl (C=O) groups is 1. The lowest BCUT2D eigenvalue weighted by Crippen LogP contribution is -2.42. The highest BCUT2D eigenvalue weighted by atomic mass is 16.5. The van der Waals surface area contributed by atoms with E-state index in [1.54, 1.807) is 12.5 Å². The maximum atomic E-state index is 11.5. The number of rotatable bonds is 5. The number of aryl methyl sites for hydroxylation is 1. The van der Waals surface area contributed by atoms with Gasteiger partial charge < -0.3 is 14.4 Å². The summed E-state index contributed by atoms with van der Waals surface area (Å²) in [6.07, 6.45) is 4.32. The number of aliphatic carboxylic acids is 1. The molecule has 2 rings (SSSR count). The summed E-state index contributed by atoms with van der Waals surface area (Å²) in [5.74, 6) is -0.824. The van der Waals surface area contributed by atoms with Crippen molar-refractivity contribution in [3.63, 3.8) is 0 Å². The smallest absolute Gasteiger partial charge is 0.327 e. The molecule has 0 spiro atoms. The second-order valence-electron chi connectivity index (χ2n) is 4.40. The van der Waals surface area contributed by atoms with E-state index in [4.69, 9.17) is 4.74 Å². The van der Waals surface area contributed by atoms with E-state index in [0.29, 0.717) is 26.3 Å². The maximum Gasteiger partial charge on any atom is 0.327 e. The minimum absolute atomic E-state index is 0.589. The second-order valence-corrected chi connectivity index (χ2v) is 4.40. The lowest BCUT2D eigenvalue weighted by Gasteiger charge is -2.32. The Kier molecular flexibility index (Phi) is 4.33. The van der Waals surface area contributed by atoms with Gasteiger partial charge in [0.1, 0.15) is 0 Å². The number of hydrogen-bond donors (Lipinski definition) is 1. The van der Waals surface area contributed by atoms with Crippen LogP contribution in [0.1, 0.15) is 25.1 Å². The Morgan fingerprint density at radius 3 is 2.89 bits per heavy atom. The first-order chi connectivity index (χ1) is 8.74. The largest absolute Gasteiger partial charge is 0.480 e. The van der Waals surface area contributed by atoms with Gasteiger partial charge in [-0.3, -0.25) is 9.69 Å². The van der Waals surface area contributed by atoms with E-state index in [0.717, 1.165) is 18.7 Å². The summed E-state index contributed by atoms with van der Waals surface area (Å²) < 4.78 is 7.19. The molecule has 0 bridgehead atoms. The Morgan fingerprint density at radius 1 is 1.56 bits per heavy atom. The molecule has 6 nitrogen and oxygen atoms in total. The highest BCUT2D eigenvalue weighted by Gasteiger charge is 2.31. The zero-order valence-electron chi connectivity index (χ0n) is 10.6. The van der Waals surface area contributed by atoms with Gasteiger partial charge in [-0.25, -0.2) is 4.98 Å². The number of carboxylic acid groups (broad SMARTS) is 1. The van der Waals surface area contributed by atoms with Crippen molar-refractivity contribution < 1.29 is 14.6 Å². The van der Waals surface area contributed by atoms with Gasteiger partial charge in [0.2, 0.25) is 0 Å². The summed E-state index contributed by atoms with van der Waals surface area (Å²) in [6, 6.07) is -0.622. The summed E-state index contributed by atoms with van der Waals surface area (Å²) in [6.45, 7) is 5.33. The van der Waals surface area contributed by atoms with Crippen molar-refractivity contribution in [1.82, 2.24) is 14.5 Å². The van der Waals surface area contributed by atoms with E-state index >= 15 is 0 Å². The molecule has 1 fully saturated rings. The van der Waals surface area contributed by atoms with Crippen LogP contribution in [0.4, 0.5) is 0 Å². The van der Waals surface area contributed by atoms with Gasteiger partial charge in [0.25, 0.3) is 0 Å². The first-order valence-corrected chi connectivity index (χ1v) is 6.28. The van der Waals surface area contributed by atoms with Gasteiger partial charge in [-0.15, -0.1) is 0 Å². The minimum Gasteiger partial charge on any atom is -0.480 e. The first kappa shape index (κ1) is 13.0. The van der Waals surface area contributed by atoms with Crippen LogP contribution < -0.4 is 0 Å². The molecule has 0 radical (unpaired) electrons. The topological polar surface area (TPSA) is 67.6 Å². The number of nitrogens with zero attached hydrogens (tertiary/aromatic N) is 3. The van der Waals surface area contributed by atoms with E-state index in [1.807, 2.05) is 9.47 Å². The fourth-order valence-electron chi connectivity index (χ4n) is 2.29. The fraction of sp³-hybridized carbons (Fsp3) is 0.667. The molecule has 18 heavy (non-hydrogen) atoms. The summed E-state index contributed by atoms with van der Waals surface area (Å²) >= 11 is 0. The highest BCUT2D eigenvalue weighted by Crippen LogP contribution is 2.22. The normalized spacial score (nSPS) is 18.7. The van der Waals surface area contributed by atoms with Gasteiger partial charge in [-0.1, -0.05) is 6.92 Å². The number of morpholine rings is 1. The van der Waals surface area contributed by atoms with Crippen molar-refractivity contribution >= 4 is 5.97 Å². The molecule has 1 N–H and O–H groups in total. The van der Waals surface area contributed by atoms with Crippen LogP contribution in [0.5, 0.6) is 0 Å². The molecule has 1 aliphatic heterocycles. The fourth-order valence-corrected chi connectivity index (χ4v) is 2.29. The van der Waals surface area contributed by atoms with Crippen molar-refractivity contribution in [1.29, 1.82) is 0 Å². The van der Waals surface area contributed by atoms with E-state index in [1.165, 1.54) is 0 Å². The van der Waals surface area contributed by atoms with Gasteiger partial charge in [0.15, 0.2) is 6.04 Å². The Hall–Kier alpha value is -1.40. The van der Waals surface area contributed by atoms with Crippen molar-refractivity contribution in [2.45, 2.75) is 25.9 Å². The Balaban J connectivity index is 2.23. The van der Waals surface area contributed by atoms with Crippen LogP contribution in [0, 0.1) is 0 Å². The van der Waals surface area contributed by atoms with Crippen molar-refractivity contribution in [3.05, 3.63) is 18.2 Å². The van der Waals surface area contributed by atoms with Crippen LogP contribution in [0.2, 0.25) is 0 Å².